The quantitative estimate of drug-likeness (QED) is 0.0448. The van der Waals surface area contributed by atoms with Crippen LogP contribution in [-0.2, 0) is 4.79 Å². The number of unbranched alkanes of at least 4 members (excludes halogenated alkanes) is 30. The van der Waals surface area contributed by atoms with Gasteiger partial charge in [0, 0.05) is 6.42 Å². The van der Waals surface area contributed by atoms with E-state index >= 15 is 0 Å². The van der Waals surface area contributed by atoms with Crippen LogP contribution in [0.5, 0.6) is 0 Å². The largest absolute Gasteiger partial charge is 0.394 e. The highest BCUT2D eigenvalue weighted by molar-refractivity contribution is 5.76. The highest BCUT2D eigenvalue weighted by Gasteiger charge is 2.17. The molecule has 0 spiro atoms. The van der Waals surface area contributed by atoms with Gasteiger partial charge in [-0.05, 0) is 32.1 Å². The van der Waals surface area contributed by atoms with Gasteiger partial charge < -0.3 is 15.5 Å². The van der Waals surface area contributed by atoms with Crippen LogP contribution >= 0.6 is 0 Å². The maximum atomic E-state index is 12.3. The van der Waals surface area contributed by atoms with Crippen LogP contribution in [0, 0.1) is 0 Å². The predicted octanol–water partition coefficient (Wildman–Crippen LogP) is 13.2. The van der Waals surface area contributed by atoms with Crippen LogP contribution < -0.4 is 5.32 Å². The molecule has 0 aromatic carbocycles. The molecule has 284 valence electrons. The fourth-order valence-corrected chi connectivity index (χ4v) is 6.61. The molecule has 4 nitrogen and oxygen atoms in total. The number of carbonyl (C=O) groups excluding carboxylic acids is 1. The maximum Gasteiger partial charge on any atom is 0.220 e. The Morgan fingerprint density at radius 1 is 0.479 bits per heavy atom. The molecule has 0 fully saturated rings. The molecule has 0 saturated carbocycles. The van der Waals surface area contributed by atoms with Gasteiger partial charge in [-0.1, -0.05) is 218 Å². The molecule has 0 saturated heterocycles. The average Bonchev–Trinajstić information content (AvgIpc) is 3.09. The SMILES string of the molecule is CCCCCCC/C=C/CC/C=C/C(O)C(CO)NC(=O)CCCCCCCCCCCCCCCCCCCCCCCCCCC. The van der Waals surface area contributed by atoms with E-state index in [4.69, 9.17) is 0 Å². The lowest BCUT2D eigenvalue weighted by Gasteiger charge is -2.19. The van der Waals surface area contributed by atoms with Crippen molar-refractivity contribution in [2.24, 2.45) is 0 Å². The van der Waals surface area contributed by atoms with Crippen LogP contribution in [0.2, 0.25) is 0 Å². The van der Waals surface area contributed by atoms with E-state index in [0.717, 1.165) is 32.1 Å². The maximum absolute atomic E-state index is 12.3. The number of nitrogens with one attached hydrogen (secondary N) is 1. The molecule has 2 unspecified atom stereocenters. The molecule has 1 amide bonds. The lowest BCUT2D eigenvalue weighted by Crippen LogP contribution is -2.45. The third-order valence-corrected chi connectivity index (χ3v) is 9.94. The molecule has 0 aromatic heterocycles. The van der Waals surface area contributed by atoms with E-state index in [0.29, 0.717) is 6.42 Å². The summed E-state index contributed by atoms with van der Waals surface area (Å²) in [4.78, 5) is 12.3. The van der Waals surface area contributed by atoms with Crippen LogP contribution in [0.3, 0.4) is 0 Å². The Labute approximate surface area is 300 Å². The molecular weight excluding hydrogens is 590 g/mol. The number of hydrogen-bond acceptors (Lipinski definition) is 3. The van der Waals surface area contributed by atoms with Gasteiger partial charge in [0.15, 0.2) is 0 Å². The first-order valence-corrected chi connectivity index (χ1v) is 21.6. The second kappa shape index (κ2) is 40.3. The first kappa shape index (κ1) is 46.9. The van der Waals surface area contributed by atoms with E-state index < -0.39 is 12.1 Å². The van der Waals surface area contributed by atoms with E-state index in [2.05, 4.69) is 31.3 Å². The lowest BCUT2D eigenvalue weighted by molar-refractivity contribution is -0.123. The third kappa shape index (κ3) is 36.2. The van der Waals surface area contributed by atoms with Crippen molar-refractivity contribution >= 4 is 5.91 Å². The van der Waals surface area contributed by atoms with Gasteiger partial charge in [-0.3, -0.25) is 4.79 Å². The number of rotatable bonds is 39. The van der Waals surface area contributed by atoms with E-state index in [-0.39, 0.29) is 12.5 Å². The zero-order valence-electron chi connectivity index (χ0n) is 32.5. The van der Waals surface area contributed by atoms with Crippen LogP contribution in [0.1, 0.15) is 232 Å². The number of hydrogen-bond donors (Lipinski definition) is 3. The van der Waals surface area contributed by atoms with Gasteiger partial charge in [-0.25, -0.2) is 0 Å². The summed E-state index contributed by atoms with van der Waals surface area (Å²) in [6.07, 6.45) is 51.5. The fourth-order valence-electron chi connectivity index (χ4n) is 6.61. The van der Waals surface area contributed by atoms with Crippen LogP contribution in [-0.4, -0.2) is 34.9 Å². The molecule has 0 aliphatic carbocycles. The smallest absolute Gasteiger partial charge is 0.220 e. The van der Waals surface area contributed by atoms with E-state index in [1.54, 1.807) is 6.08 Å². The minimum atomic E-state index is -0.856. The van der Waals surface area contributed by atoms with Gasteiger partial charge in [-0.2, -0.15) is 0 Å². The monoisotopic (exact) mass is 676 g/mol. The Morgan fingerprint density at radius 2 is 0.812 bits per heavy atom. The molecule has 0 heterocycles. The summed E-state index contributed by atoms with van der Waals surface area (Å²) in [5.41, 5.74) is 0. The number of allylic oxidation sites excluding steroid dienone is 3. The molecule has 0 aliphatic rings. The van der Waals surface area contributed by atoms with Crippen molar-refractivity contribution in [2.45, 2.75) is 244 Å². The van der Waals surface area contributed by atoms with Crippen molar-refractivity contribution < 1.29 is 15.0 Å². The van der Waals surface area contributed by atoms with Crippen molar-refractivity contribution in [3.63, 3.8) is 0 Å². The zero-order chi connectivity index (χ0) is 35.0. The zero-order valence-corrected chi connectivity index (χ0v) is 32.5. The van der Waals surface area contributed by atoms with Gasteiger partial charge >= 0.3 is 0 Å². The first-order chi connectivity index (χ1) is 23.7. The summed E-state index contributed by atoms with van der Waals surface area (Å²) in [6, 6.07) is -0.633. The summed E-state index contributed by atoms with van der Waals surface area (Å²) in [6.45, 7) is 4.28. The fraction of sp³-hybridized carbons (Fsp3) is 0.886. The van der Waals surface area contributed by atoms with Gasteiger partial charge in [0.1, 0.15) is 0 Å². The Bertz CT molecular complexity index is 691. The summed E-state index contributed by atoms with van der Waals surface area (Å²) in [7, 11) is 0. The normalized spacial score (nSPS) is 13.2. The third-order valence-electron chi connectivity index (χ3n) is 9.94. The highest BCUT2D eigenvalue weighted by atomic mass is 16.3. The van der Waals surface area contributed by atoms with Crippen molar-refractivity contribution in [2.75, 3.05) is 6.61 Å². The average molecular weight is 676 g/mol. The van der Waals surface area contributed by atoms with Crippen molar-refractivity contribution in [1.82, 2.24) is 5.32 Å². The van der Waals surface area contributed by atoms with Crippen molar-refractivity contribution in [1.29, 1.82) is 0 Å². The number of aliphatic hydroxyl groups excluding tert-OH is 2. The summed E-state index contributed by atoms with van der Waals surface area (Å²) in [5, 5.41) is 22.9. The molecule has 48 heavy (non-hydrogen) atoms. The van der Waals surface area contributed by atoms with Crippen LogP contribution in [0.25, 0.3) is 0 Å². The molecule has 4 heteroatoms. The molecule has 0 radical (unpaired) electrons. The molecule has 0 aromatic rings. The molecular formula is C44H85NO3. The highest BCUT2D eigenvalue weighted by Crippen LogP contribution is 2.16. The Morgan fingerprint density at radius 3 is 1.21 bits per heavy atom. The van der Waals surface area contributed by atoms with Gasteiger partial charge in [0.2, 0.25) is 5.91 Å². The van der Waals surface area contributed by atoms with Gasteiger partial charge in [0.25, 0.3) is 0 Å². The molecule has 0 aliphatic heterocycles. The summed E-state index contributed by atoms with van der Waals surface area (Å²) < 4.78 is 0. The predicted molar refractivity (Wildman–Crippen MR) is 212 cm³/mol. The second-order valence-corrected chi connectivity index (χ2v) is 14.8. The Balaban J connectivity index is 3.48. The Hall–Kier alpha value is -1.13. The minimum absolute atomic E-state index is 0.0718. The molecule has 3 N–H and O–H groups in total. The Kier molecular flexibility index (Phi) is 39.4. The van der Waals surface area contributed by atoms with Crippen molar-refractivity contribution in [3.8, 4) is 0 Å². The summed E-state index contributed by atoms with van der Waals surface area (Å²) >= 11 is 0. The van der Waals surface area contributed by atoms with Gasteiger partial charge in [-0.15, -0.1) is 0 Å². The molecule has 2 atom stereocenters. The topological polar surface area (TPSA) is 69.6 Å². The number of aliphatic hydroxyl groups is 2. The first-order valence-electron chi connectivity index (χ1n) is 21.6. The lowest BCUT2D eigenvalue weighted by atomic mass is 10.0. The van der Waals surface area contributed by atoms with E-state index in [9.17, 15) is 15.0 Å². The molecule has 0 rings (SSSR count). The minimum Gasteiger partial charge on any atom is -0.394 e. The second-order valence-electron chi connectivity index (χ2n) is 14.8. The standard InChI is InChI=1S/C44H85NO3/c1-3-5-7-9-11-13-15-16-17-18-19-20-21-22-23-24-25-26-27-28-30-32-34-36-38-40-44(48)45-42(41-46)43(47)39-37-35-33-31-29-14-12-10-8-6-4-2/h29,31,37,39,42-43,46-47H,3-28,30,32-36,38,40-41H2,1-2H3,(H,45,48)/b31-29+,39-37+. The van der Waals surface area contributed by atoms with Crippen LogP contribution in [0.15, 0.2) is 24.3 Å². The summed E-state index contributed by atoms with van der Waals surface area (Å²) in [5.74, 6) is -0.0718. The van der Waals surface area contributed by atoms with Gasteiger partial charge in [0.05, 0.1) is 18.8 Å². The van der Waals surface area contributed by atoms with Crippen molar-refractivity contribution in [3.05, 3.63) is 24.3 Å². The van der Waals surface area contributed by atoms with E-state index in [1.807, 2.05) is 6.08 Å². The number of amides is 1. The van der Waals surface area contributed by atoms with E-state index in [1.165, 1.54) is 180 Å². The molecule has 0 bridgehead atoms. The van der Waals surface area contributed by atoms with Crippen LogP contribution in [0.4, 0.5) is 0 Å². The number of carbonyl (C=O) groups is 1.